The monoisotopic (exact) mass is 271 g/mol. The van der Waals surface area contributed by atoms with Crippen molar-refractivity contribution < 1.29 is 9.53 Å². The number of nitrogens with one attached hydrogen (secondary N) is 1. The molecule has 0 atom stereocenters. The number of hydrogen-bond acceptors (Lipinski definition) is 4. The van der Waals surface area contributed by atoms with Crippen LogP contribution in [0.15, 0.2) is 36.8 Å². The number of aryl methyl sites for hydroxylation is 1. The van der Waals surface area contributed by atoms with Crippen molar-refractivity contribution >= 4 is 11.6 Å². The van der Waals surface area contributed by atoms with Crippen molar-refractivity contribution in [1.82, 2.24) is 9.97 Å². The molecule has 0 fully saturated rings. The molecule has 0 saturated carbocycles. The Kier molecular flexibility index (Phi) is 4.30. The Bertz CT molecular complexity index is 597. The van der Waals surface area contributed by atoms with Crippen LogP contribution in [0.2, 0.25) is 0 Å². The van der Waals surface area contributed by atoms with E-state index in [0.29, 0.717) is 5.69 Å². The summed E-state index contributed by atoms with van der Waals surface area (Å²) in [6.45, 7) is 5.89. The third-order valence-corrected chi connectivity index (χ3v) is 2.59. The van der Waals surface area contributed by atoms with Crippen LogP contribution in [0.25, 0.3) is 0 Å². The Morgan fingerprint density at radius 3 is 2.70 bits per heavy atom. The zero-order valence-electron chi connectivity index (χ0n) is 11.8. The fraction of sp³-hybridized carbons (Fsp3) is 0.267. The molecule has 20 heavy (non-hydrogen) atoms. The van der Waals surface area contributed by atoms with Gasteiger partial charge in [0.05, 0.1) is 12.3 Å². The Morgan fingerprint density at radius 1 is 1.30 bits per heavy atom. The third-order valence-electron chi connectivity index (χ3n) is 2.59. The van der Waals surface area contributed by atoms with Crippen LogP contribution in [-0.2, 0) is 0 Å². The summed E-state index contributed by atoms with van der Waals surface area (Å²) in [5.74, 6) is 0.535. The minimum absolute atomic E-state index is 0.119. The standard InChI is InChI=1S/C15H17N3O2/c1-10(2)20-14-5-4-12(8-11(14)3)18-15(19)13-9-16-6-7-17-13/h4-10H,1-3H3,(H,18,19). The van der Waals surface area contributed by atoms with E-state index in [1.807, 2.05) is 32.9 Å². The number of aromatic nitrogens is 2. The fourth-order valence-electron chi connectivity index (χ4n) is 1.72. The molecule has 5 heteroatoms. The number of hydrogen-bond donors (Lipinski definition) is 1. The molecule has 0 aliphatic rings. The summed E-state index contributed by atoms with van der Waals surface area (Å²) < 4.78 is 5.65. The van der Waals surface area contributed by atoms with E-state index in [9.17, 15) is 4.79 Å². The van der Waals surface area contributed by atoms with Crippen molar-refractivity contribution in [2.45, 2.75) is 26.9 Å². The van der Waals surface area contributed by atoms with Crippen LogP contribution in [0.5, 0.6) is 5.75 Å². The molecular weight excluding hydrogens is 254 g/mol. The number of benzene rings is 1. The Hall–Kier alpha value is -2.43. The van der Waals surface area contributed by atoms with Crippen LogP contribution in [-0.4, -0.2) is 22.0 Å². The van der Waals surface area contributed by atoms with Gasteiger partial charge < -0.3 is 10.1 Å². The van der Waals surface area contributed by atoms with Gasteiger partial charge in [-0.1, -0.05) is 0 Å². The van der Waals surface area contributed by atoms with Gasteiger partial charge in [-0.15, -0.1) is 0 Å². The van der Waals surface area contributed by atoms with Gasteiger partial charge in [0.1, 0.15) is 11.4 Å². The molecule has 1 aromatic heterocycles. The van der Waals surface area contributed by atoms with Gasteiger partial charge in [0.25, 0.3) is 5.91 Å². The summed E-state index contributed by atoms with van der Waals surface area (Å²) in [5.41, 5.74) is 1.96. The molecule has 5 nitrogen and oxygen atoms in total. The first-order chi connectivity index (χ1) is 9.56. The van der Waals surface area contributed by atoms with Crippen molar-refractivity contribution in [1.29, 1.82) is 0 Å². The van der Waals surface area contributed by atoms with Gasteiger partial charge >= 0.3 is 0 Å². The molecule has 0 radical (unpaired) electrons. The van der Waals surface area contributed by atoms with Gasteiger partial charge in [0.15, 0.2) is 0 Å². The second-order valence-corrected chi connectivity index (χ2v) is 4.69. The lowest BCUT2D eigenvalue weighted by Gasteiger charge is -2.13. The van der Waals surface area contributed by atoms with E-state index in [1.165, 1.54) is 18.6 Å². The first-order valence-electron chi connectivity index (χ1n) is 6.41. The SMILES string of the molecule is Cc1cc(NC(=O)c2cnccn2)ccc1OC(C)C. The number of rotatable bonds is 4. The van der Waals surface area contributed by atoms with Gasteiger partial charge in [-0.2, -0.15) is 0 Å². The van der Waals surface area contributed by atoms with E-state index in [1.54, 1.807) is 6.07 Å². The summed E-state index contributed by atoms with van der Waals surface area (Å²) in [4.78, 5) is 19.8. The minimum Gasteiger partial charge on any atom is -0.491 e. The quantitative estimate of drug-likeness (QED) is 0.928. The molecule has 2 rings (SSSR count). The van der Waals surface area contributed by atoms with Crippen molar-refractivity contribution in [3.63, 3.8) is 0 Å². The predicted octanol–water partition coefficient (Wildman–Crippen LogP) is 2.82. The molecule has 0 aliphatic heterocycles. The fourth-order valence-corrected chi connectivity index (χ4v) is 1.72. The number of anilines is 1. The zero-order valence-corrected chi connectivity index (χ0v) is 11.8. The van der Waals surface area contributed by atoms with Gasteiger partial charge in [0.2, 0.25) is 0 Å². The lowest BCUT2D eigenvalue weighted by molar-refractivity contribution is 0.102. The smallest absolute Gasteiger partial charge is 0.275 e. The lowest BCUT2D eigenvalue weighted by Crippen LogP contribution is -2.14. The molecule has 0 aliphatic carbocycles. The highest BCUT2D eigenvalue weighted by Crippen LogP contribution is 2.23. The van der Waals surface area contributed by atoms with E-state index >= 15 is 0 Å². The molecule has 1 aromatic carbocycles. The normalized spacial score (nSPS) is 10.4. The van der Waals surface area contributed by atoms with Gasteiger partial charge in [-0.25, -0.2) is 4.98 Å². The topological polar surface area (TPSA) is 64.1 Å². The lowest BCUT2D eigenvalue weighted by atomic mass is 10.2. The molecule has 0 saturated heterocycles. The number of nitrogens with zero attached hydrogens (tertiary/aromatic N) is 2. The summed E-state index contributed by atoms with van der Waals surface area (Å²) in [6.07, 6.45) is 4.56. The largest absolute Gasteiger partial charge is 0.491 e. The summed E-state index contributed by atoms with van der Waals surface area (Å²) in [6, 6.07) is 5.52. The summed E-state index contributed by atoms with van der Waals surface area (Å²) >= 11 is 0. The number of ether oxygens (including phenoxy) is 1. The molecule has 0 bridgehead atoms. The highest BCUT2D eigenvalue weighted by atomic mass is 16.5. The maximum absolute atomic E-state index is 11.9. The maximum atomic E-state index is 11.9. The van der Waals surface area contributed by atoms with Gasteiger partial charge in [-0.3, -0.25) is 9.78 Å². The molecule has 2 aromatic rings. The van der Waals surface area contributed by atoms with E-state index in [0.717, 1.165) is 11.3 Å². The predicted molar refractivity (Wildman–Crippen MR) is 76.9 cm³/mol. The summed E-state index contributed by atoms with van der Waals surface area (Å²) in [7, 11) is 0. The second-order valence-electron chi connectivity index (χ2n) is 4.69. The summed E-state index contributed by atoms with van der Waals surface area (Å²) in [5, 5.41) is 2.78. The Balaban J connectivity index is 2.11. The molecular formula is C15H17N3O2. The average molecular weight is 271 g/mol. The Labute approximate surface area is 118 Å². The molecule has 1 N–H and O–H groups in total. The van der Waals surface area contributed by atoms with E-state index in [4.69, 9.17) is 4.74 Å². The van der Waals surface area contributed by atoms with Crippen molar-refractivity contribution in [3.8, 4) is 5.75 Å². The number of carbonyl (C=O) groups is 1. The van der Waals surface area contributed by atoms with Crippen molar-refractivity contribution in [2.75, 3.05) is 5.32 Å². The van der Waals surface area contributed by atoms with Crippen molar-refractivity contribution in [3.05, 3.63) is 48.0 Å². The van der Waals surface area contributed by atoms with Gasteiger partial charge in [0, 0.05) is 18.1 Å². The molecule has 1 amide bonds. The van der Waals surface area contributed by atoms with E-state index in [-0.39, 0.29) is 17.7 Å². The van der Waals surface area contributed by atoms with Gasteiger partial charge in [-0.05, 0) is 44.5 Å². The molecule has 1 heterocycles. The molecule has 0 spiro atoms. The minimum atomic E-state index is -0.282. The van der Waals surface area contributed by atoms with Crippen LogP contribution < -0.4 is 10.1 Å². The second kappa shape index (κ2) is 6.14. The average Bonchev–Trinajstić information content (AvgIpc) is 2.42. The third kappa shape index (κ3) is 3.54. The number of carbonyl (C=O) groups excluding carboxylic acids is 1. The van der Waals surface area contributed by atoms with Crippen LogP contribution in [0.3, 0.4) is 0 Å². The number of amides is 1. The highest BCUT2D eigenvalue weighted by molar-refractivity contribution is 6.02. The van der Waals surface area contributed by atoms with Crippen LogP contribution in [0, 0.1) is 6.92 Å². The van der Waals surface area contributed by atoms with E-state index in [2.05, 4.69) is 15.3 Å². The van der Waals surface area contributed by atoms with Crippen LogP contribution in [0.4, 0.5) is 5.69 Å². The highest BCUT2D eigenvalue weighted by Gasteiger charge is 2.09. The maximum Gasteiger partial charge on any atom is 0.275 e. The van der Waals surface area contributed by atoms with Crippen LogP contribution in [0.1, 0.15) is 29.9 Å². The molecule has 104 valence electrons. The Morgan fingerprint density at radius 2 is 2.10 bits per heavy atom. The first-order valence-corrected chi connectivity index (χ1v) is 6.41. The zero-order chi connectivity index (χ0) is 14.5. The first kappa shape index (κ1) is 14.0. The van der Waals surface area contributed by atoms with E-state index < -0.39 is 0 Å². The van der Waals surface area contributed by atoms with Crippen LogP contribution >= 0.6 is 0 Å². The van der Waals surface area contributed by atoms with Crippen molar-refractivity contribution in [2.24, 2.45) is 0 Å². The molecule has 0 unspecified atom stereocenters.